The topological polar surface area (TPSA) is 41.4 Å². The van der Waals surface area contributed by atoms with E-state index < -0.39 is 0 Å². The molecule has 1 heterocycles. The van der Waals surface area contributed by atoms with E-state index in [1.165, 1.54) is 6.07 Å². The van der Waals surface area contributed by atoms with Gasteiger partial charge in [0.05, 0.1) is 5.69 Å². The number of rotatable bonds is 7. The van der Waals surface area contributed by atoms with Crippen molar-refractivity contribution in [2.24, 2.45) is 7.05 Å². The van der Waals surface area contributed by atoms with Crippen LogP contribution in [0.3, 0.4) is 0 Å². The second-order valence-corrected chi connectivity index (χ2v) is 6.70. The van der Waals surface area contributed by atoms with Gasteiger partial charge in [-0.05, 0) is 40.1 Å². The molecule has 2 rings (SSSR count). The van der Waals surface area contributed by atoms with Crippen LogP contribution in [0.5, 0.6) is 0 Å². The fourth-order valence-corrected chi connectivity index (χ4v) is 2.71. The molecule has 0 saturated heterocycles. The van der Waals surface area contributed by atoms with Gasteiger partial charge in [-0.25, -0.2) is 4.39 Å². The number of halogens is 1. The minimum Gasteiger partial charge on any atom is -0.333 e. The summed E-state index contributed by atoms with van der Waals surface area (Å²) in [7, 11) is 5.77. The Morgan fingerprint density at radius 2 is 1.92 bits per heavy atom. The van der Waals surface area contributed by atoms with Gasteiger partial charge >= 0.3 is 0 Å². The van der Waals surface area contributed by atoms with Crippen molar-refractivity contribution in [2.75, 3.05) is 27.2 Å². The molecule has 1 amide bonds. The first kappa shape index (κ1) is 19.8. The lowest BCUT2D eigenvalue weighted by atomic mass is 10.1. The predicted octanol–water partition coefficient (Wildman–Crippen LogP) is 2.78. The number of carbonyl (C=O) groups excluding carboxylic acids is 1. The number of hydrogen-bond acceptors (Lipinski definition) is 3. The molecule has 1 aromatic heterocycles. The molecular weight excluding hydrogens is 331 g/mol. The smallest absolute Gasteiger partial charge is 0.246 e. The maximum atomic E-state index is 14.0. The molecule has 5 nitrogen and oxygen atoms in total. The van der Waals surface area contributed by atoms with Crippen molar-refractivity contribution in [3.63, 3.8) is 0 Å². The molecule has 140 valence electrons. The minimum atomic E-state index is -0.293. The first-order valence-corrected chi connectivity index (χ1v) is 8.65. The van der Waals surface area contributed by atoms with E-state index in [1.54, 1.807) is 39.9 Å². The van der Waals surface area contributed by atoms with Crippen LogP contribution < -0.4 is 0 Å². The number of carbonyl (C=O) groups is 1. The van der Waals surface area contributed by atoms with E-state index in [2.05, 4.69) is 5.10 Å². The summed E-state index contributed by atoms with van der Waals surface area (Å²) in [6, 6.07) is 6.57. The van der Waals surface area contributed by atoms with Crippen LogP contribution in [-0.2, 0) is 18.4 Å². The number of nitrogens with zero attached hydrogens (tertiary/aromatic N) is 4. The molecule has 6 heteroatoms. The predicted molar refractivity (Wildman–Crippen MR) is 102 cm³/mol. The fraction of sp³-hybridized carbons (Fsp3) is 0.400. The molecular formula is C20H27FN4O. The maximum Gasteiger partial charge on any atom is 0.246 e. The number of aryl methyl sites for hydroxylation is 2. The van der Waals surface area contributed by atoms with E-state index in [0.29, 0.717) is 18.7 Å². The van der Waals surface area contributed by atoms with Crippen LogP contribution in [0.15, 0.2) is 30.3 Å². The van der Waals surface area contributed by atoms with Gasteiger partial charge in [-0.3, -0.25) is 9.48 Å². The van der Waals surface area contributed by atoms with Gasteiger partial charge in [0, 0.05) is 49.6 Å². The highest BCUT2D eigenvalue weighted by Gasteiger charge is 2.15. The molecule has 0 atom stereocenters. The average molecular weight is 358 g/mol. The molecule has 0 bridgehead atoms. The molecule has 0 saturated carbocycles. The number of likely N-dealkylation sites (N-methyl/N-ethyl adjacent to an activating group) is 1. The molecule has 26 heavy (non-hydrogen) atoms. The van der Waals surface area contributed by atoms with Crippen LogP contribution in [0.2, 0.25) is 0 Å². The molecule has 0 radical (unpaired) electrons. The van der Waals surface area contributed by atoms with E-state index in [1.807, 2.05) is 39.9 Å². The third kappa shape index (κ3) is 5.02. The monoisotopic (exact) mass is 358 g/mol. The Morgan fingerprint density at radius 3 is 2.50 bits per heavy atom. The summed E-state index contributed by atoms with van der Waals surface area (Å²) in [5.41, 5.74) is 3.34. The Kier molecular flexibility index (Phi) is 6.69. The van der Waals surface area contributed by atoms with E-state index in [4.69, 9.17) is 0 Å². The van der Waals surface area contributed by atoms with Gasteiger partial charge < -0.3 is 9.80 Å². The summed E-state index contributed by atoms with van der Waals surface area (Å²) < 4.78 is 15.8. The molecule has 0 aliphatic rings. The van der Waals surface area contributed by atoms with Crippen molar-refractivity contribution in [1.82, 2.24) is 19.6 Å². The van der Waals surface area contributed by atoms with Crippen molar-refractivity contribution in [2.45, 2.75) is 20.4 Å². The molecule has 0 unspecified atom stereocenters. The standard InChI is InChI=1S/C20H27FN4O/c1-15-18(16(2)24(5)22-15)10-11-20(26)25(13-12-23(3)4)14-17-8-6-7-9-19(17)21/h6-11H,12-14H2,1-5H3/b11-10+. The zero-order valence-electron chi connectivity index (χ0n) is 16.2. The Labute approximate surface area is 154 Å². The molecule has 0 fully saturated rings. The molecule has 0 aliphatic heterocycles. The highest BCUT2D eigenvalue weighted by Crippen LogP contribution is 2.15. The fourth-order valence-electron chi connectivity index (χ4n) is 2.71. The third-order valence-corrected chi connectivity index (χ3v) is 4.41. The van der Waals surface area contributed by atoms with Crippen molar-refractivity contribution in [3.8, 4) is 0 Å². The second-order valence-electron chi connectivity index (χ2n) is 6.70. The molecule has 0 N–H and O–H groups in total. The summed E-state index contributed by atoms with van der Waals surface area (Å²) in [5.74, 6) is -0.434. The second kappa shape index (κ2) is 8.76. The number of benzene rings is 1. The molecule has 1 aromatic carbocycles. The SMILES string of the molecule is Cc1nn(C)c(C)c1/C=C/C(=O)N(CCN(C)C)Cc1ccccc1F. The van der Waals surface area contributed by atoms with Crippen LogP contribution in [-0.4, -0.2) is 52.7 Å². The van der Waals surface area contributed by atoms with E-state index in [-0.39, 0.29) is 18.3 Å². The van der Waals surface area contributed by atoms with Gasteiger partial charge in [-0.2, -0.15) is 5.10 Å². The van der Waals surface area contributed by atoms with Gasteiger partial charge in [-0.15, -0.1) is 0 Å². The summed E-state index contributed by atoms with van der Waals surface area (Å²) in [4.78, 5) is 16.4. The van der Waals surface area contributed by atoms with Gasteiger partial charge in [-0.1, -0.05) is 18.2 Å². The third-order valence-electron chi connectivity index (χ3n) is 4.41. The Bertz CT molecular complexity index is 795. The average Bonchev–Trinajstić information content (AvgIpc) is 2.83. The van der Waals surface area contributed by atoms with E-state index >= 15 is 0 Å². The summed E-state index contributed by atoms with van der Waals surface area (Å²) in [6.07, 6.45) is 3.34. The van der Waals surface area contributed by atoms with Crippen LogP contribution in [0, 0.1) is 19.7 Å². The largest absolute Gasteiger partial charge is 0.333 e. The van der Waals surface area contributed by atoms with Gasteiger partial charge in [0.15, 0.2) is 0 Å². The first-order valence-electron chi connectivity index (χ1n) is 8.65. The van der Waals surface area contributed by atoms with Crippen molar-refractivity contribution >= 4 is 12.0 Å². The Morgan fingerprint density at radius 1 is 1.23 bits per heavy atom. The van der Waals surface area contributed by atoms with Crippen LogP contribution in [0.25, 0.3) is 6.08 Å². The highest BCUT2D eigenvalue weighted by molar-refractivity contribution is 5.92. The van der Waals surface area contributed by atoms with E-state index in [0.717, 1.165) is 17.0 Å². The number of hydrogen-bond donors (Lipinski definition) is 0. The number of aromatic nitrogens is 2. The van der Waals surface area contributed by atoms with Crippen molar-refractivity contribution in [3.05, 3.63) is 58.7 Å². The zero-order chi connectivity index (χ0) is 19.3. The number of amides is 1. The maximum absolute atomic E-state index is 14.0. The molecule has 2 aromatic rings. The lowest BCUT2D eigenvalue weighted by Crippen LogP contribution is -2.35. The van der Waals surface area contributed by atoms with Crippen LogP contribution in [0.4, 0.5) is 4.39 Å². The highest BCUT2D eigenvalue weighted by atomic mass is 19.1. The first-order chi connectivity index (χ1) is 12.3. The van der Waals surface area contributed by atoms with Gasteiger partial charge in [0.1, 0.15) is 5.82 Å². The zero-order valence-corrected chi connectivity index (χ0v) is 16.2. The quantitative estimate of drug-likeness (QED) is 0.715. The summed E-state index contributed by atoms with van der Waals surface area (Å²) >= 11 is 0. The van der Waals surface area contributed by atoms with Crippen LogP contribution in [0.1, 0.15) is 22.5 Å². The van der Waals surface area contributed by atoms with Gasteiger partial charge in [0.2, 0.25) is 5.91 Å². The molecule has 0 aliphatic carbocycles. The minimum absolute atomic E-state index is 0.141. The molecule has 0 spiro atoms. The lowest BCUT2D eigenvalue weighted by Gasteiger charge is -2.23. The van der Waals surface area contributed by atoms with Gasteiger partial charge in [0.25, 0.3) is 0 Å². The summed E-state index contributed by atoms with van der Waals surface area (Å²) in [6.45, 7) is 5.36. The summed E-state index contributed by atoms with van der Waals surface area (Å²) in [5, 5.41) is 4.36. The van der Waals surface area contributed by atoms with Crippen molar-refractivity contribution < 1.29 is 9.18 Å². The Balaban J connectivity index is 2.19. The Hall–Kier alpha value is -2.47. The van der Waals surface area contributed by atoms with Crippen molar-refractivity contribution in [1.29, 1.82) is 0 Å². The normalized spacial score (nSPS) is 11.5. The lowest BCUT2D eigenvalue weighted by molar-refractivity contribution is -0.126. The van der Waals surface area contributed by atoms with Crippen LogP contribution >= 0.6 is 0 Å². The van der Waals surface area contributed by atoms with E-state index in [9.17, 15) is 9.18 Å².